The van der Waals surface area contributed by atoms with Gasteiger partial charge in [-0.15, -0.1) is 10.2 Å². The summed E-state index contributed by atoms with van der Waals surface area (Å²) in [6, 6.07) is 0. The Labute approximate surface area is 77.8 Å². The number of rotatable bonds is 1. The summed E-state index contributed by atoms with van der Waals surface area (Å²) in [6.07, 6.45) is 11.2. The van der Waals surface area contributed by atoms with Crippen molar-refractivity contribution in [3.63, 3.8) is 0 Å². The van der Waals surface area contributed by atoms with Gasteiger partial charge in [0.15, 0.2) is 5.82 Å². The fraction of sp³-hybridized carbons (Fsp3) is 0.400. The van der Waals surface area contributed by atoms with Crippen molar-refractivity contribution in [1.29, 1.82) is 0 Å². The van der Waals surface area contributed by atoms with Gasteiger partial charge in [0.2, 0.25) is 0 Å². The lowest BCUT2D eigenvalue weighted by atomic mass is 9.87. The molecule has 0 N–H and O–H groups in total. The van der Waals surface area contributed by atoms with Crippen LogP contribution in [0.1, 0.15) is 26.1 Å². The van der Waals surface area contributed by atoms with Crippen molar-refractivity contribution < 1.29 is 0 Å². The maximum atomic E-state index is 3.99. The van der Waals surface area contributed by atoms with Crippen molar-refractivity contribution in [1.82, 2.24) is 14.8 Å². The zero-order valence-electron chi connectivity index (χ0n) is 7.94. The van der Waals surface area contributed by atoms with Crippen molar-refractivity contribution in [2.75, 3.05) is 0 Å². The molecule has 0 spiro atoms. The van der Waals surface area contributed by atoms with E-state index in [0.717, 1.165) is 12.2 Å². The fourth-order valence-electron chi connectivity index (χ4n) is 1.29. The molecule has 0 fully saturated rings. The molecule has 1 aromatic rings. The molecule has 0 amide bonds. The van der Waals surface area contributed by atoms with E-state index in [9.17, 15) is 0 Å². The third kappa shape index (κ3) is 1.41. The minimum Gasteiger partial charge on any atom is -0.289 e. The van der Waals surface area contributed by atoms with Crippen LogP contribution in [0.2, 0.25) is 0 Å². The molecule has 0 aliphatic carbocycles. The number of allylic oxidation sites excluding steroid dienone is 2. The Morgan fingerprint density at radius 2 is 2.31 bits per heavy atom. The molecule has 2 heterocycles. The van der Waals surface area contributed by atoms with E-state index in [2.05, 4.69) is 36.2 Å². The zero-order chi connectivity index (χ0) is 9.31. The van der Waals surface area contributed by atoms with Crippen LogP contribution in [-0.2, 0) is 0 Å². The normalized spacial score (nSPS) is 25.7. The molecule has 0 bridgehead atoms. The first-order valence-corrected chi connectivity index (χ1v) is 4.52. The van der Waals surface area contributed by atoms with Crippen LogP contribution in [0.25, 0.3) is 12.3 Å². The van der Waals surface area contributed by atoms with Crippen LogP contribution in [0.3, 0.4) is 0 Å². The molecule has 0 saturated carbocycles. The topological polar surface area (TPSA) is 30.7 Å². The summed E-state index contributed by atoms with van der Waals surface area (Å²) in [5.74, 6) is 0.897. The van der Waals surface area contributed by atoms with Crippen molar-refractivity contribution in [3.8, 4) is 0 Å². The van der Waals surface area contributed by atoms with E-state index in [1.165, 1.54) is 0 Å². The maximum absolute atomic E-state index is 3.99. The van der Waals surface area contributed by atoms with Gasteiger partial charge in [-0.3, -0.25) is 4.57 Å². The summed E-state index contributed by atoms with van der Waals surface area (Å²) in [6.45, 7) is 4.39. The van der Waals surface area contributed by atoms with Crippen LogP contribution in [0.15, 0.2) is 18.5 Å². The highest BCUT2D eigenvalue weighted by molar-refractivity contribution is 5.50. The van der Waals surface area contributed by atoms with Crippen molar-refractivity contribution >= 4 is 12.3 Å². The quantitative estimate of drug-likeness (QED) is 0.655. The largest absolute Gasteiger partial charge is 0.289 e. The van der Waals surface area contributed by atoms with Gasteiger partial charge in [-0.05, 0) is 12.5 Å². The Kier molecular flexibility index (Phi) is 1.79. The molecule has 3 nitrogen and oxygen atoms in total. The average Bonchev–Trinajstić information content (AvgIpc) is 2.54. The predicted octanol–water partition coefficient (Wildman–Crippen LogP) is 2.19. The second-order valence-electron chi connectivity index (χ2n) is 3.60. The highest BCUT2D eigenvalue weighted by atomic mass is 15.2. The zero-order valence-corrected chi connectivity index (χ0v) is 7.94. The maximum Gasteiger partial charge on any atom is 0.160 e. The summed E-state index contributed by atoms with van der Waals surface area (Å²) in [7, 11) is 0. The first-order chi connectivity index (χ1) is 6.23. The highest BCUT2D eigenvalue weighted by Gasteiger charge is 2.16. The van der Waals surface area contributed by atoms with E-state index in [0.29, 0.717) is 0 Å². The van der Waals surface area contributed by atoms with Crippen LogP contribution < -0.4 is 0 Å². The minimum absolute atomic E-state index is 0.153. The number of hydrogen-bond acceptors (Lipinski definition) is 2. The Morgan fingerprint density at radius 1 is 1.46 bits per heavy atom. The molecule has 0 radical (unpaired) electrons. The molecule has 2 rings (SSSR count). The Bertz CT molecular complexity index is 332. The summed E-state index contributed by atoms with van der Waals surface area (Å²) >= 11 is 0. The lowest BCUT2D eigenvalue weighted by molar-refractivity contribution is 0.535. The monoisotopic (exact) mass is 175 g/mol. The van der Waals surface area contributed by atoms with E-state index >= 15 is 0 Å². The smallest absolute Gasteiger partial charge is 0.160 e. The molecule has 1 aromatic heterocycles. The van der Waals surface area contributed by atoms with E-state index in [1.54, 1.807) is 6.33 Å². The second kappa shape index (κ2) is 2.83. The van der Waals surface area contributed by atoms with Crippen LogP contribution in [0.5, 0.6) is 0 Å². The van der Waals surface area contributed by atoms with Gasteiger partial charge in [0, 0.05) is 11.6 Å². The number of fused-ring (bicyclic) bond motifs is 1. The first-order valence-electron chi connectivity index (χ1n) is 4.52. The standard InChI is InChI=1S/C10H13N3/c1-3-10(2)5-4-9-12-11-8-13(9)7-6-10/h4-8H,3H2,1-2H3. The van der Waals surface area contributed by atoms with Crippen molar-refractivity contribution in [3.05, 3.63) is 24.3 Å². The van der Waals surface area contributed by atoms with Crippen molar-refractivity contribution in [2.24, 2.45) is 5.41 Å². The third-order valence-electron chi connectivity index (χ3n) is 2.59. The summed E-state index contributed by atoms with van der Waals surface area (Å²) in [4.78, 5) is 0. The van der Waals surface area contributed by atoms with Gasteiger partial charge in [0.05, 0.1) is 0 Å². The van der Waals surface area contributed by atoms with E-state index < -0.39 is 0 Å². The lowest BCUT2D eigenvalue weighted by Gasteiger charge is -2.17. The number of hydrogen-bond donors (Lipinski definition) is 0. The molecule has 68 valence electrons. The lowest BCUT2D eigenvalue weighted by Crippen LogP contribution is -2.06. The molecule has 1 unspecified atom stereocenters. The van der Waals surface area contributed by atoms with Gasteiger partial charge in [-0.2, -0.15) is 0 Å². The van der Waals surface area contributed by atoms with Gasteiger partial charge < -0.3 is 0 Å². The minimum atomic E-state index is 0.153. The van der Waals surface area contributed by atoms with E-state index in [1.807, 2.05) is 16.8 Å². The predicted molar refractivity (Wildman–Crippen MR) is 52.8 cm³/mol. The first kappa shape index (κ1) is 8.23. The molecule has 0 saturated heterocycles. The molecular weight excluding hydrogens is 162 g/mol. The molecule has 1 atom stereocenters. The summed E-state index contributed by atoms with van der Waals surface area (Å²) in [5.41, 5.74) is 0.153. The van der Waals surface area contributed by atoms with Crippen molar-refractivity contribution in [2.45, 2.75) is 20.3 Å². The SMILES string of the molecule is CCC1(C)C=Cc2nncn2C=C1. The Hall–Kier alpha value is -1.38. The van der Waals surface area contributed by atoms with Gasteiger partial charge in [0.25, 0.3) is 0 Å². The molecular formula is C10H13N3. The highest BCUT2D eigenvalue weighted by Crippen LogP contribution is 2.27. The van der Waals surface area contributed by atoms with Crippen LogP contribution in [0.4, 0.5) is 0 Å². The van der Waals surface area contributed by atoms with E-state index in [-0.39, 0.29) is 5.41 Å². The molecule has 1 aliphatic rings. The van der Waals surface area contributed by atoms with Crippen LogP contribution >= 0.6 is 0 Å². The molecule has 3 heteroatoms. The molecule has 13 heavy (non-hydrogen) atoms. The second-order valence-corrected chi connectivity index (χ2v) is 3.60. The number of nitrogens with zero attached hydrogens (tertiary/aromatic N) is 3. The van der Waals surface area contributed by atoms with Crippen LogP contribution in [-0.4, -0.2) is 14.8 Å². The fourth-order valence-corrected chi connectivity index (χ4v) is 1.29. The average molecular weight is 175 g/mol. The summed E-state index contributed by atoms with van der Waals surface area (Å²) < 4.78 is 1.93. The molecule has 1 aliphatic heterocycles. The molecule has 0 aromatic carbocycles. The Balaban J connectivity index is 2.43. The van der Waals surface area contributed by atoms with Gasteiger partial charge >= 0.3 is 0 Å². The Morgan fingerprint density at radius 3 is 3.08 bits per heavy atom. The number of aromatic nitrogens is 3. The summed E-state index contributed by atoms with van der Waals surface area (Å²) in [5, 5.41) is 7.82. The van der Waals surface area contributed by atoms with Gasteiger partial charge in [0.1, 0.15) is 6.33 Å². The van der Waals surface area contributed by atoms with Crippen LogP contribution in [0, 0.1) is 5.41 Å². The third-order valence-corrected chi connectivity index (χ3v) is 2.59. The van der Waals surface area contributed by atoms with Gasteiger partial charge in [-0.1, -0.05) is 26.0 Å². The van der Waals surface area contributed by atoms with E-state index in [4.69, 9.17) is 0 Å². The van der Waals surface area contributed by atoms with Gasteiger partial charge in [-0.25, -0.2) is 0 Å².